The summed E-state index contributed by atoms with van der Waals surface area (Å²) in [5.41, 5.74) is 0. The van der Waals surface area contributed by atoms with Crippen LogP contribution in [0.4, 0.5) is 8.78 Å². The van der Waals surface area contributed by atoms with Gasteiger partial charge in [0.25, 0.3) is 6.08 Å². The van der Waals surface area contributed by atoms with Crippen molar-refractivity contribution >= 4 is 0 Å². The molecular formula is C11H18F2. The largest absolute Gasteiger partial charge is 0.266 e. The Balaban J connectivity index is 2.12. The molecule has 0 atom stereocenters. The smallest absolute Gasteiger partial charge is 0.174 e. The molecule has 0 N–H and O–H groups in total. The second-order valence-electron chi connectivity index (χ2n) is 4.20. The quantitative estimate of drug-likeness (QED) is 0.616. The van der Waals surface area contributed by atoms with Gasteiger partial charge in [-0.05, 0) is 30.8 Å². The summed E-state index contributed by atoms with van der Waals surface area (Å²) in [6.45, 7) is 2.28. The van der Waals surface area contributed by atoms with Crippen LogP contribution in [0.2, 0.25) is 0 Å². The summed E-state index contributed by atoms with van der Waals surface area (Å²) in [4.78, 5) is 0. The van der Waals surface area contributed by atoms with Gasteiger partial charge in [0, 0.05) is 0 Å². The molecule has 0 aromatic heterocycles. The second kappa shape index (κ2) is 5.36. The highest BCUT2D eigenvalue weighted by molar-refractivity contribution is 4.82. The number of hydrogen-bond donors (Lipinski definition) is 0. The summed E-state index contributed by atoms with van der Waals surface area (Å²) in [6.07, 6.45) is 6.08. The van der Waals surface area contributed by atoms with Crippen LogP contribution in [0.5, 0.6) is 0 Å². The zero-order valence-corrected chi connectivity index (χ0v) is 8.23. The average molecular weight is 188 g/mol. The number of rotatable bonds is 3. The van der Waals surface area contributed by atoms with Crippen LogP contribution in [0, 0.1) is 11.8 Å². The van der Waals surface area contributed by atoms with E-state index in [1.54, 1.807) is 0 Å². The van der Waals surface area contributed by atoms with E-state index in [9.17, 15) is 8.78 Å². The van der Waals surface area contributed by atoms with Crippen molar-refractivity contribution in [3.05, 3.63) is 12.2 Å². The third-order valence-corrected chi connectivity index (χ3v) is 3.01. The van der Waals surface area contributed by atoms with Gasteiger partial charge in [-0.3, -0.25) is 0 Å². The van der Waals surface area contributed by atoms with E-state index in [0.29, 0.717) is 12.3 Å². The third-order valence-electron chi connectivity index (χ3n) is 3.01. The predicted molar refractivity (Wildman–Crippen MR) is 50.7 cm³/mol. The molecule has 1 aliphatic carbocycles. The molecule has 76 valence electrons. The van der Waals surface area contributed by atoms with Crippen LogP contribution < -0.4 is 0 Å². The highest BCUT2D eigenvalue weighted by Crippen LogP contribution is 2.31. The minimum Gasteiger partial charge on any atom is -0.174 e. The predicted octanol–water partition coefficient (Wildman–Crippen LogP) is 4.37. The molecule has 0 saturated heterocycles. The topological polar surface area (TPSA) is 0 Å². The zero-order chi connectivity index (χ0) is 9.68. The van der Waals surface area contributed by atoms with Gasteiger partial charge in [-0.25, -0.2) is 0 Å². The van der Waals surface area contributed by atoms with Crippen molar-refractivity contribution in [2.24, 2.45) is 11.8 Å². The van der Waals surface area contributed by atoms with Crippen LogP contribution in [-0.4, -0.2) is 0 Å². The van der Waals surface area contributed by atoms with Gasteiger partial charge in [-0.15, -0.1) is 0 Å². The molecule has 0 nitrogen and oxygen atoms in total. The van der Waals surface area contributed by atoms with Gasteiger partial charge in [0.15, 0.2) is 0 Å². The lowest BCUT2D eigenvalue weighted by Crippen LogP contribution is -2.11. The van der Waals surface area contributed by atoms with Gasteiger partial charge in [-0.2, -0.15) is 8.78 Å². The highest BCUT2D eigenvalue weighted by atomic mass is 19.3. The zero-order valence-electron chi connectivity index (χ0n) is 8.23. The molecule has 0 bridgehead atoms. The van der Waals surface area contributed by atoms with Crippen LogP contribution in [0.25, 0.3) is 0 Å². The lowest BCUT2D eigenvalue weighted by atomic mass is 9.81. The molecule has 0 aromatic rings. The van der Waals surface area contributed by atoms with Gasteiger partial charge in [0.1, 0.15) is 0 Å². The molecule has 1 fully saturated rings. The van der Waals surface area contributed by atoms with Crippen molar-refractivity contribution in [3.63, 3.8) is 0 Å². The van der Waals surface area contributed by atoms with Crippen molar-refractivity contribution < 1.29 is 8.78 Å². The Morgan fingerprint density at radius 2 is 1.85 bits per heavy atom. The first-order chi connectivity index (χ1) is 6.18. The molecule has 1 saturated carbocycles. The van der Waals surface area contributed by atoms with E-state index in [-0.39, 0.29) is 0 Å². The molecule has 1 rings (SSSR count). The lowest BCUT2D eigenvalue weighted by Gasteiger charge is -2.25. The van der Waals surface area contributed by atoms with Gasteiger partial charge in [0.05, 0.1) is 0 Å². The molecule has 2 heteroatoms. The van der Waals surface area contributed by atoms with Crippen LogP contribution in [0.15, 0.2) is 12.2 Å². The van der Waals surface area contributed by atoms with E-state index in [4.69, 9.17) is 0 Å². The minimum atomic E-state index is -1.52. The first-order valence-corrected chi connectivity index (χ1v) is 5.19. The van der Waals surface area contributed by atoms with Crippen LogP contribution in [0.1, 0.15) is 45.4 Å². The Morgan fingerprint density at radius 3 is 2.38 bits per heavy atom. The SMILES string of the molecule is CC1CCC(CCC=C(F)F)CC1. The maximum Gasteiger partial charge on any atom is 0.266 e. The standard InChI is InChI=1S/C11H18F2/c1-9-5-7-10(8-6-9)3-2-4-11(12)13/h4,9-10H,2-3,5-8H2,1H3. The number of allylic oxidation sites excluding steroid dienone is 1. The molecule has 1 aliphatic rings. The molecule has 0 radical (unpaired) electrons. The van der Waals surface area contributed by atoms with Gasteiger partial charge in [0.2, 0.25) is 0 Å². The monoisotopic (exact) mass is 188 g/mol. The summed E-state index contributed by atoms with van der Waals surface area (Å²) in [5, 5.41) is 0. The Labute approximate surface area is 79.0 Å². The Hall–Kier alpha value is -0.400. The first kappa shape index (κ1) is 10.7. The summed E-state index contributed by atoms with van der Waals surface area (Å²) >= 11 is 0. The fourth-order valence-corrected chi connectivity index (χ4v) is 2.05. The van der Waals surface area contributed by atoms with Crippen molar-refractivity contribution in [2.45, 2.75) is 45.4 Å². The number of halogens is 2. The van der Waals surface area contributed by atoms with E-state index in [1.165, 1.54) is 25.7 Å². The summed E-state index contributed by atoms with van der Waals surface area (Å²) in [6, 6.07) is 0. The normalized spacial score (nSPS) is 28.5. The highest BCUT2D eigenvalue weighted by Gasteiger charge is 2.17. The molecule has 0 aromatic carbocycles. The van der Waals surface area contributed by atoms with Crippen molar-refractivity contribution in [2.75, 3.05) is 0 Å². The third kappa shape index (κ3) is 4.39. The Morgan fingerprint density at radius 1 is 1.23 bits per heavy atom. The minimum absolute atomic E-state index is 0.557. The maximum atomic E-state index is 11.7. The molecule has 13 heavy (non-hydrogen) atoms. The molecule has 0 unspecified atom stereocenters. The van der Waals surface area contributed by atoms with Gasteiger partial charge >= 0.3 is 0 Å². The summed E-state index contributed by atoms with van der Waals surface area (Å²) in [7, 11) is 0. The molecule has 0 aliphatic heterocycles. The van der Waals surface area contributed by atoms with Crippen LogP contribution in [0.3, 0.4) is 0 Å². The molecule has 0 amide bonds. The van der Waals surface area contributed by atoms with E-state index < -0.39 is 6.08 Å². The first-order valence-electron chi connectivity index (χ1n) is 5.19. The fraction of sp³-hybridized carbons (Fsp3) is 0.818. The van der Waals surface area contributed by atoms with Crippen molar-refractivity contribution in [1.29, 1.82) is 0 Å². The van der Waals surface area contributed by atoms with Crippen molar-refractivity contribution in [3.8, 4) is 0 Å². The lowest BCUT2D eigenvalue weighted by molar-refractivity contribution is 0.277. The van der Waals surface area contributed by atoms with Gasteiger partial charge < -0.3 is 0 Å². The van der Waals surface area contributed by atoms with Crippen LogP contribution in [-0.2, 0) is 0 Å². The molecular weight excluding hydrogens is 170 g/mol. The van der Waals surface area contributed by atoms with Crippen LogP contribution >= 0.6 is 0 Å². The molecule has 0 spiro atoms. The summed E-state index contributed by atoms with van der Waals surface area (Å²) < 4.78 is 23.4. The van der Waals surface area contributed by atoms with E-state index in [2.05, 4.69) is 6.92 Å². The number of hydrogen-bond acceptors (Lipinski definition) is 0. The maximum absolute atomic E-state index is 11.7. The Bertz CT molecular complexity index is 163. The fourth-order valence-electron chi connectivity index (χ4n) is 2.05. The summed E-state index contributed by atoms with van der Waals surface area (Å²) in [5.74, 6) is 1.55. The second-order valence-corrected chi connectivity index (χ2v) is 4.20. The Kier molecular flexibility index (Phi) is 4.40. The van der Waals surface area contributed by atoms with Gasteiger partial charge in [-0.1, -0.05) is 32.6 Å². The van der Waals surface area contributed by atoms with Crippen molar-refractivity contribution in [1.82, 2.24) is 0 Å². The van der Waals surface area contributed by atoms with E-state index in [0.717, 1.165) is 18.4 Å². The van der Waals surface area contributed by atoms with E-state index >= 15 is 0 Å². The average Bonchev–Trinajstić information content (AvgIpc) is 2.08. The molecule has 0 heterocycles. The van der Waals surface area contributed by atoms with E-state index in [1.807, 2.05) is 0 Å².